The Morgan fingerprint density at radius 3 is 2.65 bits per heavy atom. The van der Waals surface area contributed by atoms with Crippen molar-refractivity contribution in [3.8, 4) is 0 Å². The average molecular weight is 238 g/mol. The van der Waals surface area contributed by atoms with Crippen molar-refractivity contribution >= 4 is 11.8 Å². The molecule has 3 heteroatoms. The quantitative estimate of drug-likeness (QED) is 0.710. The van der Waals surface area contributed by atoms with Crippen LogP contribution in [0.1, 0.15) is 46.0 Å². The summed E-state index contributed by atoms with van der Waals surface area (Å²) in [6.45, 7) is 4.00. The predicted molar refractivity (Wildman–Crippen MR) is 64.4 cm³/mol. The number of esters is 1. The van der Waals surface area contributed by atoms with Crippen LogP contribution in [-0.4, -0.2) is 18.4 Å². The fraction of sp³-hybridized carbons (Fsp3) is 0.857. The Bertz CT molecular complexity index is 311. The van der Waals surface area contributed by atoms with Crippen molar-refractivity contribution in [2.45, 2.75) is 46.0 Å². The van der Waals surface area contributed by atoms with Crippen molar-refractivity contribution in [3.05, 3.63) is 0 Å². The lowest BCUT2D eigenvalue weighted by Crippen LogP contribution is -2.31. The van der Waals surface area contributed by atoms with Crippen molar-refractivity contribution in [1.29, 1.82) is 0 Å². The number of ketones is 1. The maximum atomic E-state index is 11.9. The largest absolute Gasteiger partial charge is 0.466 e. The van der Waals surface area contributed by atoms with Gasteiger partial charge in [0.25, 0.3) is 0 Å². The van der Waals surface area contributed by atoms with Crippen LogP contribution in [0, 0.1) is 23.7 Å². The maximum Gasteiger partial charge on any atom is 0.309 e. The highest BCUT2D eigenvalue weighted by Crippen LogP contribution is 2.48. The summed E-state index contributed by atoms with van der Waals surface area (Å²) in [4.78, 5) is 23.4. The molecule has 0 spiro atoms. The lowest BCUT2D eigenvalue weighted by molar-refractivity contribution is -0.152. The van der Waals surface area contributed by atoms with Crippen LogP contribution >= 0.6 is 0 Å². The normalized spacial score (nSPS) is 36.4. The van der Waals surface area contributed by atoms with Gasteiger partial charge in [-0.05, 0) is 44.9 Å². The summed E-state index contributed by atoms with van der Waals surface area (Å²) in [5, 5.41) is 0. The molecule has 3 nitrogen and oxygen atoms in total. The molecule has 2 aliphatic carbocycles. The number of hydrogen-bond acceptors (Lipinski definition) is 3. The van der Waals surface area contributed by atoms with E-state index in [0.29, 0.717) is 24.2 Å². The number of ether oxygens (including phenoxy) is 1. The number of rotatable bonds is 3. The molecule has 17 heavy (non-hydrogen) atoms. The number of carbonyl (C=O) groups excluding carboxylic acids is 2. The van der Waals surface area contributed by atoms with E-state index >= 15 is 0 Å². The Morgan fingerprint density at radius 1 is 1.24 bits per heavy atom. The molecule has 0 heterocycles. The summed E-state index contributed by atoms with van der Waals surface area (Å²) in [5.74, 6) is 1.48. The van der Waals surface area contributed by atoms with E-state index in [9.17, 15) is 9.59 Å². The van der Waals surface area contributed by atoms with Crippen LogP contribution in [0.3, 0.4) is 0 Å². The molecule has 0 aromatic heterocycles. The third-order valence-corrected chi connectivity index (χ3v) is 4.52. The molecule has 96 valence electrons. The van der Waals surface area contributed by atoms with Crippen molar-refractivity contribution in [3.63, 3.8) is 0 Å². The standard InChI is InChI=1S/C14H22O3/c1-3-17-14(16)12-6-4-5-10-7-11(9(2)15)8-13(10)12/h10-13H,3-8H2,1-2H3/t10-,11+,12+,13+/m0/s1. The monoisotopic (exact) mass is 238 g/mol. The summed E-state index contributed by atoms with van der Waals surface area (Å²) in [5.41, 5.74) is 0. The summed E-state index contributed by atoms with van der Waals surface area (Å²) in [6.07, 6.45) is 5.14. The lowest BCUT2D eigenvalue weighted by Gasteiger charge is -2.31. The molecular weight excluding hydrogens is 216 g/mol. The second-order valence-corrected chi connectivity index (χ2v) is 5.49. The van der Waals surface area contributed by atoms with Crippen LogP contribution in [0.5, 0.6) is 0 Å². The van der Waals surface area contributed by atoms with Gasteiger partial charge in [-0.3, -0.25) is 9.59 Å². The van der Waals surface area contributed by atoms with E-state index in [1.165, 1.54) is 6.42 Å². The number of carbonyl (C=O) groups is 2. The van der Waals surface area contributed by atoms with Crippen LogP contribution < -0.4 is 0 Å². The van der Waals surface area contributed by atoms with E-state index in [4.69, 9.17) is 4.74 Å². The minimum atomic E-state index is -0.0357. The first-order valence-corrected chi connectivity index (χ1v) is 6.80. The topological polar surface area (TPSA) is 43.4 Å². The minimum Gasteiger partial charge on any atom is -0.466 e. The second kappa shape index (κ2) is 5.19. The molecular formula is C14H22O3. The third kappa shape index (κ3) is 2.53. The van der Waals surface area contributed by atoms with Crippen LogP contribution in [0.15, 0.2) is 0 Å². The van der Waals surface area contributed by atoms with E-state index in [2.05, 4.69) is 0 Å². The molecule has 2 rings (SSSR count). The summed E-state index contributed by atoms with van der Waals surface area (Å²) in [7, 11) is 0. The first-order chi connectivity index (χ1) is 8.13. The average Bonchev–Trinajstić information content (AvgIpc) is 2.72. The van der Waals surface area contributed by atoms with E-state index < -0.39 is 0 Å². The van der Waals surface area contributed by atoms with Crippen LogP contribution in [0.2, 0.25) is 0 Å². The Kier molecular flexibility index (Phi) is 3.85. The molecule has 2 fully saturated rings. The molecule has 4 atom stereocenters. The number of fused-ring (bicyclic) bond motifs is 1. The highest BCUT2D eigenvalue weighted by Gasteiger charge is 2.45. The molecule has 0 bridgehead atoms. The van der Waals surface area contributed by atoms with Gasteiger partial charge in [0.05, 0.1) is 12.5 Å². The summed E-state index contributed by atoms with van der Waals surface area (Å²) in [6, 6.07) is 0. The molecule has 0 saturated heterocycles. The van der Waals surface area contributed by atoms with Gasteiger partial charge in [0, 0.05) is 5.92 Å². The van der Waals surface area contributed by atoms with Crippen molar-refractivity contribution in [2.24, 2.45) is 23.7 Å². The van der Waals surface area contributed by atoms with Crippen LogP contribution in [0.4, 0.5) is 0 Å². The molecule has 0 aromatic carbocycles. The van der Waals surface area contributed by atoms with Crippen molar-refractivity contribution in [2.75, 3.05) is 6.61 Å². The van der Waals surface area contributed by atoms with Crippen molar-refractivity contribution in [1.82, 2.24) is 0 Å². The highest BCUT2D eigenvalue weighted by atomic mass is 16.5. The number of Topliss-reactive ketones (excluding diaryl/α,β-unsaturated/α-hetero) is 1. The van der Waals surface area contributed by atoms with Gasteiger partial charge in [-0.2, -0.15) is 0 Å². The third-order valence-electron chi connectivity index (χ3n) is 4.52. The maximum absolute atomic E-state index is 11.9. The molecule has 0 amide bonds. The Balaban J connectivity index is 2.05. The van der Waals surface area contributed by atoms with Gasteiger partial charge in [0.2, 0.25) is 0 Å². The Morgan fingerprint density at radius 2 is 2.00 bits per heavy atom. The van der Waals surface area contributed by atoms with Gasteiger partial charge in [-0.1, -0.05) is 12.8 Å². The van der Waals surface area contributed by atoms with E-state index in [1.54, 1.807) is 6.92 Å². The highest BCUT2D eigenvalue weighted by molar-refractivity contribution is 5.79. The fourth-order valence-electron chi connectivity index (χ4n) is 3.67. The molecule has 2 aliphatic rings. The summed E-state index contributed by atoms with van der Waals surface area (Å²) >= 11 is 0. The van der Waals surface area contributed by atoms with Gasteiger partial charge in [-0.15, -0.1) is 0 Å². The first-order valence-electron chi connectivity index (χ1n) is 6.80. The minimum absolute atomic E-state index is 0.0357. The van der Waals surface area contributed by atoms with Gasteiger partial charge >= 0.3 is 5.97 Å². The van der Waals surface area contributed by atoms with Crippen LogP contribution in [0.25, 0.3) is 0 Å². The first kappa shape index (κ1) is 12.6. The number of hydrogen-bond donors (Lipinski definition) is 0. The van der Waals surface area contributed by atoms with Crippen molar-refractivity contribution < 1.29 is 14.3 Å². The van der Waals surface area contributed by atoms with E-state index in [-0.39, 0.29) is 17.8 Å². The molecule has 0 radical (unpaired) electrons. The zero-order valence-electron chi connectivity index (χ0n) is 10.8. The molecule has 0 N–H and O–H groups in total. The smallest absolute Gasteiger partial charge is 0.309 e. The fourth-order valence-corrected chi connectivity index (χ4v) is 3.67. The zero-order chi connectivity index (χ0) is 12.4. The van der Waals surface area contributed by atoms with Gasteiger partial charge in [0.15, 0.2) is 0 Å². The van der Waals surface area contributed by atoms with E-state index in [1.807, 2.05) is 6.92 Å². The Hall–Kier alpha value is -0.860. The zero-order valence-corrected chi connectivity index (χ0v) is 10.8. The SMILES string of the molecule is CCOC(=O)[C@@H]1CCC[C@H]2C[C@@H](C(C)=O)C[C@H]21. The van der Waals surface area contributed by atoms with Gasteiger partial charge < -0.3 is 4.74 Å². The second-order valence-electron chi connectivity index (χ2n) is 5.49. The predicted octanol–water partition coefficient (Wildman–Crippen LogP) is 2.58. The Labute approximate surface area is 103 Å². The molecule has 2 saturated carbocycles. The van der Waals surface area contributed by atoms with E-state index in [0.717, 1.165) is 25.7 Å². The molecule has 0 aromatic rings. The summed E-state index contributed by atoms with van der Waals surface area (Å²) < 4.78 is 5.16. The molecule has 0 unspecified atom stereocenters. The van der Waals surface area contributed by atoms with Gasteiger partial charge in [-0.25, -0.2) is 0 Å². The van der Waals surface area contributed by atoms with Crippen LogP contribution in [-0.2, 0) is 14.3 Å². The lowest BCUT2D eigenvalue weighted by atomic mass is 9.74. The van der Waals surface area contributed by atoms with Gasteiger partial charge in [0.1, 0.15) is 5.78 Å². The molecule has 0 aliphatic heterocycles.